The highest BCUT2D eigenvalue weighted by Gasteiger charge is 2.28. The van der Waals surface area contributed by atoms with Crippen molar-refractivity contribution in [3.05, 3.63) is 38.4 Å². The van der Waals surface area contributed by atoms with Crippen LogP contribution in [-0.4, -0.2) is 53.1 Å². The fourth-order valence-electron chi connectivity index (χ4n) is 4.16. The minimum atomic E-state index is 0.106. The number of nitrogens with zero attached hydrogens (tertiary/aromatic N) is 3. The number of carbonyl (C=O) groups excluding carboxylic acids is 1. The summed E-state index contributed by atoms with van der Waals surface area (Å²) in [5.74, 6) is 1.01. The highest BCUT2D eigenvalue weighted by Crippen LogP contribution is 2.30. The molecule has 1 saturated heterocycles. The van der Waals surface area contributed by atoms with Crippen molar-refractivity contribution in [2.45, 2.75) is 52.7 Å². The van der Waals surface area contributed by atoms with Gasteiger partial charge in [0.05, 0.1) is 11.3 Å². The van der Waals surface area contributed by atoms with Crippen molar-refractivity contribution in [2.75, 3.05) is 26.2 Å². The molecule has 4 rings (SSSR count). The van der Waals surface area contributed by atoms with Crippen molar-refractivity contribution in [3.63, 3.8) is 0 Å². The number of carbonyl (C=O) groups is 1. The lowest BCUT2D eigenvalue weighted by Gasteiger charge is -2.27. The molecule has 1 atom stereocenters. The smallest absolute Gasteiger partial charge is 0.252 e. The van der Waals surface area contributed by atoms with E-state index in [1.54, 1.807) is 11.3 Å². The van der Waals surface area contributed by atoms with Crippen LogP contribution in [0.1, 0.15) is 51.2 Å². The second-order valence-electron chi connectivity index (χ2n) is 7.67. The number of likely N-dealkylation sites (tertiary alicyclic amines) is 1. The molecule has 1 N–H and O–H groups in total. The molecule has 2 aromatic heterocycles. The van der Waals surface area contributed by atoms with Gasteiger partial charge in [-0.3, -0.25) is 9.69 Å². The van der Waals surface area contributed by atoms with Gasteiger partial charge in [0, 0.05) is 54.6 Å². The summed E-state index contributed by atoms with van der Waals surface area (Å²) in [6, 6.07) is 0.285. The van der Waals surface area contributed by atoms with E-state index in [1.807, 2.05) is 19.2 Å². The molecule has 2 aromatic rings. The normalized spacial score (nSPS) is 20.8. The van der Waals surface area contributed by atoms with Crippen LogP contribution >= 0.6 is 11.3 Å². The van der Waals surface area contributed by atoms with Gasteiger partial charge in [-0.1, -0.05) is 12.1 Å². The summed E-state index contributed by atoms with van der Waals surface area (Å²) in [5, 5.41) is 9.36. The van der Waals surface area contributed by atoms with E-state index in [-0.39, 0.29) is 11.9 Å². The molecule has 27 heavy (non-hydrogen) atoms. The van der Waals surface area contributed by atoms with Crippen molar-refractivity contribution >= 4 is 17.2 Å². The van der Waals surface area contributed by atoms with Crippen LogP contribution in [-0.2, 0) is 19.5 Å². The standard InChI is InChI=1S/C20H28N4O2S/c1-4-23-7-5-15(9-23)21-20(25)18-12-27-19-11-24(8-6-16(18)19)10-17-13(2)22-26-14(17)3/h12,15H,4-11H2,1-3H3,(H,21,25). The fraction of sp³-hybridized carbons (Fsp3) is 0.600. The fourth-order valence-corrected chi connectivity index (χ4v) is 5.28. The maximum Gasteiger partial charge on any atom is 0.252 e. The second-order valence-corrected chi connectivity index (χ2v) is 8.63. The molecule has 1 fully saturated rings. The Morgan fingerprint density at radius 1 is 1.37 bits per heavy atom. The predicted octanol–water partition coefficient (Wildman–Crippen LogP) is 2.74. The first kappa shape index (κ1) is 18.7. The number of rotatable bonds is 5. The first-order chi connectivity index (χ1) is 13.0. The molecule has 4 heterocycles. The van der Waals surface area contributed by atoms with Gasteiger partial charge in [0.1, 0.15) is 5.76 Å². The van der Waals surface area contributed by atoms with Crippen LogP contribution in [0, 0.1) is 13.8 Å². The third-order valence-corrected chi connectivity index (χ3v) is 6.90. The summed E-state index contributed by atoms with van der Waals surface area (Å²) in [6.07, 6.45) is 1.98. The molecule has 0 bridgehead atoms. The Morgan fingerprint density at radius 2 is 2.22 bits per heavy atom. The van der Waals surface area contributed by atoms with E-state index in [0.29, 0.717) is 0 Å². The molecule has 0 spiro atoms. The van der Waals surface area contributed by atoms with Gasteiger partial charge in [-0.2, -0.15) is 0 Å². The Labute approximate surface area is 164 Å². The van der Waals surface area contributed by atoms with Crippen molar-refractivity contribution in [1.29, 1.82) is 0 Å². The topological polar surface area (TPSA) is 61.6 Å². The predicted molar refractivity (Wildman–Crippen MR) is 106 cm³/mol. The Bertz CT molecular complexity index is 809. The van der Waals surface area contributed by atoms with E-state index in [9.17, 15) is 4.79 Å². The lowest BCUT2D eigenvalue weighted by molar-refractivity contribution is 0.0936. The van der Waals surface area contributed by atoms with Crippen molar-refractivity contribution < 1.29 is 9.32 Å². The molecule has 6 nitrogen and oxygen atoms in total. The summed E-state index contributed by atoms with van der Waals surface area (Å²) in [6.45, 7) is 12.0. The molecule has 0 radical (unpaired) electrons. The van der Waals surface area contributed by atoms with Crippen LogP contribution in [0.5, 0.6) is 0 Å². The number of amides is 1. The van der Waals surface area contributed by atoms with Crippen LogP contribution in [0.2, 0.25) is 0 Å². The van der Waals surface area contributed by atoms with Gasteiger partial charge in [-0.25, -0.2) is 0 Å². The average Bonchev–Trinajstić information content (AvgIpc) is 3.36. The van der Waals surface area contributed by atoms with Crippen LogP contribution in [0.3, 0.4) is 0 Å². The maximum atomic E-state index is 12.8. The van der Waals surface area contributed by atoms with Crippen LogP contribution < -0.4 is 5.32 Å². The highest BCUT2D eigenvalue weighted by atomic mass is 32.1. The van der Waals surface area contributed by atoms with Gasteiger partial charge in [0.15, 0.2) is 0 Å². The summed E-state index contributed by atoms with van der Waals surface area (Å²) >= 11 is 1.72. The van der Waals surface area contributed by atoms with Crippen LogP contribution in [0.4, 0.5) is 0 Å². The number of hydrogen-bond donors (Lipinski definition) is 1. The van der Waals surface area contributed by atoms with E-state index in [1.165, 1.54) is 16.0 Å². The molecule has 1 amide bonds. The van der Waals surface area contributed by atoms with E-state index in [0.717, 1.165) is 69.1 Å². The Balaban J connectivity index is 1.40. The van der Waals surface area contributed by atoms with Crippen molar-refractivity contribution in [2.24, 2.45) is 0 Å². The maximum absolute atomic E-state index is 12.8. The van der Waals surface area contributed by atoms with Crippen LogP contribution in [0.25, 0.3) is 0 Å². The number of aromatic nitrogens is 1. The third kappa shape index (κ3) is 3.81. The van der Waals surface area contributed by atoms with Crippen LogP contribution in [0.15, 0.2) is 9.90 Å². The quantitative estimate of drug-likeness (QED) is 0.853. The van der Waals surface area contributed by atoms with E-state index in [2.05, 4.69) is 27.2 Å². The van der Waals surface area contributed by atoms with Gasteiger partial charge in [0.25, 0.3) is 5.91 Å². The number of hydrogen-bond acceptors (Lipinski definition) is 6. The molecular formula is C20H28N4O2S. The number of aryl methyl sites for hydroxylation is 2. The van der Waals surface area contributed by atoms with Gasteiger partial charge < -0.3 is 14.7 Å². The summed E-state index contributed by atoms with van der Waals surface area (Å²) in [5.41, 5.74) is 4.30. The first-order valence-electron chi connectivity index (χ1n) is 9.81. The molecule has 146 valence electrons. The Kier molecular flexibility index (Phi) is 5.34. The zero-order chi connectivity index (χ0) is 19.0. The molecular weight excluding hydrogens is 360 g/mol. The summed E-state index contributed by atoms with van der Waals surface area (Å²) in [4.78, 5) is 18.9. The number of nitrogens with one attached hydrogen (secondary N) is 1. The second kappa shape index (κ2) is 7.73. The first-order valence-corrected chi connectivity index (χ1v) is 10.7. The SMILES string of the molecule is CCN1CCC(NC(=O)c2csc3c2CCN(Cc2c(C)noc2C)C3)C1. The molecule has 1 unspecified atom stereocenters. The number of thiophene rings is 1. The van der Waals surface area contributed by atoms with E-state index >= 15 is 0 Å². The minimum Gasteiger partial charge on any atom is -0.361 e. The molecule has 0 aromatic carbocycles. The third-order valence-electron chi connectivity index (χ3n) is 5.89. The zero-order valence-electron chi connectivity index (χ0n) is 16.4. The van der Waals surface area contributed by atoms with Gasteiger partial charge in [0.2, 0.25) is 0 Å². The van der Waals surface area contributed by atoms with Crippen molar-refractivity contribution in [3.8, 4) is 0 Å². The monoisotopic (exact) mass is 388 g/mol. The largest absolute Gasteiger partial charge is 0.361 e. The van der Waals surface area contributed by atoms with Gasteiger partial charge in [-0.05, 0) is 38.8 Å². The number of fused-ring (bicyclic) bond motifs is 1. The average molecular weight is 389 g/mol. The Morgan fingerprint density at radius 3 is 2.93 bits per heavy atom. The van der Waals surface area contributed by atoms with Gasteiger partial charge in [-0.15, -0.1) is 11.3 Å². The lowest BCUT2D eigenvalue weighted by atomic mass is 10.0. The molecule has 0 aliphatic carbocycles. The lowest BCUT2D eigenvalue weighted by Crippen LogP contribution is -2.38. The summed E-state index contributed by atoms with van der Waals surface area (Å²) < 4.78 is 5.29. The molecule has 2 aliphatic rings. The van der Waals surface area contributed by atoms with Crippen molar-refractivity contribution in [1.82, 2.24) is 20.3 Å². The highest BCUT2D eigenvalue weighted by molar-refractivity contribution is 7.10. The molecule has 2 aliphatic heterocycles. The Hall–Kier alpha value is -1.70. The van der Waals surface area contributed by atoms with E-state index in [4.69, 9.17) is 4.52 Å². The molecule has 0 saturated carbocycles. The van der Waals surface area contributed by atoms with E-state index < -0.39 is 0 Å². The minimum absolute atomic E-state index is 0.106. The summed E-state index contributed by atoms with van der Waals surface area (Å²) in [7, 11) is 0. The van der Waals surface area contributed by atoms with Gasteiger partial charge >= 0.3 is 0 Å². The zero-order valence-corrected chi connectivity index (χ0v) is 17.2. The molecule has 7 heteroatoms. The number of likely N-dealkylation sites (N-methyl/N-ethyl adjacent to an activating group) is 1.